The Bertz CT molecular complexity index is 2160. The van der Waals surface area contributed by atoms with Gasteiger partial charge in [-0.1, -0.05) is 94.4 Å². The van der Waals surface area contributed by atoms with Crippen LogP contribution in [0.5, 0.6) is 23.0 Å². The first-order chi connectivity index (χ1) is 24.8. The molecule has 3 aliphatic rings. The number of amides is 2. The Morgan fingerprint density at radius 1 is 0.412 bits per heavy atom. The first-order valence-corrected chi connectivity index (χ1v) is 17.3. The molecule has 250 valence electrons. The fourth-order valence-electron chi connectivity index (χ4n) is 7.52. The van der Waals surface area contributed by atoms with Crippen LogP contribution in [-0.2, 0) is 0 Å². The average Bonchev–Trinajstić information content (AvgIpc) is 3.39. The second kappa shape index (κ2) is 11.6. The van der Waals surface area contributed by atoms with E-state index in [9.17, 15) is 9.59 Å². The van der Waals surface area contributed by atoms with E-state index in [0.717, 1.165) is 33.9 Å². The Morgan fingerprint density at radius 2 is 0.745 bits per heavy atom. The summed E-state index contributed by atoms with van der Waals surface area (Å²) in [6.45, 7) is 8.38. The number of hydrogen-bond donors (Lipinski definition) is 0. The number of anilines is 7. The minimum Gasteiger partial charge on any atom is -0.453 e. The van der Waals surface area contributed by atoms with E-state index in [0.29, 0.717) is 51.2 Å². The summed E-state index contributed by atoms with van der Waals surface area (Å²) in [4.78, 5) is 35.3. The maximum atomic E-state index is 14.8. The van der Waals surface area contributed by atoms with Crippen molar-refractivity contribution >= 4 is 51.6 Å². The number of hydrogen-bond acceptors (Lipinski definition) is 6. The van der Waals surface area contributed by atoms with Crippen molar-refractivity contribution in [1.29, 1.82) is 0 Å². The fraction of sp³-hybridized carbons (Fsp3) is 0.136. The van der Waals surface area contributed by atoms with Crippen LogP contribution in [0.1, 0.15) is 71.4 Å². The number of ether oxygens (including phenoxy) is 2. The van der Waals surface area contributed by atoms with Crippen LogP contribution in [0.2, 0.25) is 0 Å². The van der Waals surface area contributed by atoms with E-state index < -0.39 is 0 Å². The van der Waals surface area contributed by atoms with Crippen LogP contribution in [0.25, 0.3) is 0 Å². The fourth-order valence-corrected chi connectivity index (χ4v) is 7.52. The zero-order chi connectivity index (χ0) is 35.0. The van der Waals surface area contributed by atoms with Crippen LogP contribution in [0.15, 0.2) is 127 Å². The molecule has 0 saturated heterocycles. The number of para-hydroxylation sites is 9. The van der Waals surface area contributed by atoms with Crippen LogP contribution in [0, 0.1) is 0 Å². The third-order valence-corrected chi connectivity index (χ3v) is 9.89. The number of imide groups is 1. The number of carbonyl (C=O) groups is 2. The monoisotopic (exact) mass is 669 g/mol. The molecule has 0 saturated carbocycles. The molecular weight excluding hydrogens is 635 g/mol. The summed E-state index contributed by atoms with van der Waals surface area (Å²) < 4.78 is 12.8. The summed E-state index contributed by atoms with van der Waals surface area (Å²) >= 11 is 0. The lowest BCUT2D eigenvalue weighted by Gasteiger charge is -2.38. The van der Waals surface area contributed by atoms with Gasteiger partial charge < -0.3 is 19.3 Å². The molecule has 51 heavy (non-hydrogen) atoms. The molecule has 3 heterocycles. The zero-order valence-electron chi connectivity index (χ0n) is 28.8. The van der Waals surface area contributed by atoms with Crippen molar-refractivity contribution in [2.45, 2.75) is 39.5 Å². The van der Waals surface area contributed by atoms with Gasteiger partial charge in [-0.3, -0.25) is 9.59 Å². The highest BCUT2D eigenvalue weighted by Crippen LogP contribution is 2.58. The standard InChI is InChI=1S/C44H35N3O4/c1-26(2)28-14-13-15-29(27(3)4)42(28)47-43(48)30-24-36(45-32-16-5-9-20-38(32)50-39-21-10-6-17-33(39)45)37(25-31(30)44(47)49)46-34-18-7-11-22-40(34)51-41-23-12-8-19-35(41)46/h5-27H,1-4H3. The smallest absolute Gasteiger partial charge is 0.266 e. The minimum atomic E-state index is -0.338. The molecule has 0 bridgehead atoms. The molecule has 6 aromatic carbocycles. The highest BCUT2D eigenvalue weighted by molar-refractivity contribution is 6.35. The zero-order valence-corrected chi connectivity index (χ0v) is 28.8. The molecule has 7 nitrogen and oxygen atoms in total. The number of fused-ring (bicyclic) bond motifs is 5. The minimum absolute atomic E-state index is 0.0943. The van der Waals surface area contributed by atoms with Gasteiger partial charge in [-0.25, -0.2) is 4.90 Å². The SMILES string of the molecule is CC(C)c1cccc(C(C)C)c1N1C(=O)c2cc(N3c4ccccc4Oc4ccccc43)c(N3c4ccccc4Oc4ccccc43)cc2C1=O. The summed E-state index contributed by atoms with van der Waals surface area (Å²) in [6, 6.07) is 41.3. The van der Waals surface area contributed by atoms with Gasteiger partial charge in [0.15, 0.2) is 23.0 Å². The highest BCUT2D eigenvalue weighted by atomic mass is 16.5. The molecule has 3 aliphatic heterocycles. The van der Waals surface area contributed by atoms with Crippen molar-refractivity contribution in [3.8, 4) is 23.0 Å². The molecule has 0 aliphatic carbocycles. The van der Waals surface area contributed by atoms with Crippen molar-refractivity contribution in [2.24, 2.45) is 0 Å². The second-order valence-electron chi connectivity index (χ2n) is 13.7. The van der Waals surface area contributed by atoms with E-state index in [1.165, 1.54) is 4.90 Å². The number of benzene rings is 6. The third-order valence-electron chi connectivity index (χ3n) is 9.89. The maximum absolute atomic E-state index is 14.8. The van der Waals surface area contributed by atoms with Gasteiger partial charge in [0.1, 0.15) is 0 Å². The predicted molar refractivity (Wildman–Crippen MR) is 202 cm³/mol. The Hall–Kier alpha value is -6.34. The van der Waals surface area contributed by atoms with Crippen LogP contribution >= 0.6 is 0 Å². The Morgan fingerprint density at radius 3 is 1.08 bits per heavy atom. The van der Waals surface area contributed by atoms with E-state index in [1.54, 1.807) is 0 Å². The molecule has 0 aromatic heterocycles. The molecule has 9 rings (SSSR count). The van der Waals surface area contributed by atoms with Crippen molar-refractivity contribution in [1.82, 2.24) is 0 Å². The number of carbonyl (C=O) groups excluding carboxylic acids is 2. The quantitative estimate of drug-likeness (QED) is 0.170. The molecule has 0 spiro atoms. The topological polar surface area (TPSA) is 62.3 Å². The van der Waals surface area contributed by atoms with Crippen LogP contribution in [0.4, 0.5) is 39.8 Å². The van der Waals surface area contributed by atoms with E-state index in [2.05, 4.69) is 37.5 Å². The molecule has 7 heteroatoms. The molecule has 0 fully saturated rings. The van der Waals surface area contributed by atoms with E-state index >= 15 is 0 Å². The second-order valence-corrected chi connectivity index (χ2v) is 13.7. The van der Waals surface area contributed by atoms with Gasteiger partial charge >= 0.3 is 0 Å². The van der Waals surface area contributed by atoms with E-state index in [4.69, 9.17) is 9.47 Å². The van der Waals surface area contributed by atoms with Crippen molar-refractivity contribution < 1.29 is 19.1 Å². The normalized spacial score (nSPS) is 14.1. The van der Waals surface area contributed by atoms with Crippen molar-refractivity contribution in [2.75, 3.05) is 14.7 Å². The molecule has 0 atom stereocenters. The van der Waals surface area contributed by atoms with Crippen LogP contribution < -0.4 is 24.2 Å². The summed E-state index contributed by atoms with van der Waals surface area (Å²) in [7, 11) is 0. The Kier molecular flexibility index (Phi) is 7.00. The third kappa shape index (κ3) is 4.65. The Labute approximate surface area is 296 Å². The average molecular weight is 670 g/mol. The molecule has 0 radical (unpaired) electrons. The van der Waals surface area contributed by atoms with E-state index in [-0.39, 0.29) is 23.7 Å². The summed E-state index contributed by atoms with van der Waals surface area (Å²) in [5.74, 6) is 2.24. The molecular formula is C44H35N3O4. The van der Waals surface area contributed by atoms with Crippen LogP contribution in [0.3, 0.4) is 0 Å². The molecule has 6 aromatic rings. The number of nitrogens with zero attached hydrogens (tertiary/aromatic N) is 3. The molecule has 0 unspecified atom stereocenters. The van der Waals surface area contributed by atoms with Gasteiger partial charge in [-0.15, -0.1) is 0 Å². The van der Waals surface area contributed by atoms with E-state index in [1.807, 2.05) is 127 Å². The lowest BCUT2D eigenvalue weighted by molar-refractivity contribution is 0.0925. The van der Waals surface area contributed by atoms with Crippen molar-refractivity contribution in [3.05, 3.63) is 150 Å². The maximum Gasteiger partial charge on any atom is 0.266 e. The highest BCUT2D eigenvalue weighted by Gasteiger charge is 2.42. The van der Waals surface area contributed by atoms with Gasteiger partial charge in [0, 0.05) is 0 Å². The summed E-state index contributed by atoms with van der Waals surface area (Å²) in [5.41, 5.74) is 7.99. The van der Waals surface area contributed by atoms with Gasteiger partial charge in [0.05, 0.1) is 50.9 Å². The first kappa shape index (κ1) is 30.7. The predicted octanol–water partition coefficient (Wildman–Crippen LogP) is 11.9. The molecule has 2 amide bonds. The summed E-state index contributed by atoms with van der Waals surface area (Å²) in [6.07, 6.45) is 0. The summed E-state index contributed by atoms with van der Waals surface area (Å²) in [5, 5.41) is 0. The van der Waals surface area contributed by atoms with Gasteiger partial charge in [-0.05, 0) is 83.6 Å². The first-order valence-electron chi connectivity index (χ1n) is 17.3. The van der Waals surface area contributed by atoms with Gasteiger partial charge in [0.25, 0.3) is 11.8 Å². The largest absolute Gasteiger partial charge is 0.453 e. The molecule has 0 N–H and O–H groups in total. The van der Waals surface area contributed by atoms with Gasteiger partial charge in [-0.2, -0.15) is 0 Å². The Balaban J connectivity index is 1.35. The lowest BCUT2D eigenvalue weighted by Crippen LogP contribution is -2.31. The lowest BCUT2D eigenvalue weighted by atomic mass is 9.92. The van der Waals surface area contributed by atoms with Crippen molar-refractivity contribution in [3.63, 3.8) is 0 Å². The van der Waals surface area contributed by atoms with Crippen LogP contribution in [-0.4, -0.2) is 11.8 Å². The van der Waals surface area contributed by atoms with Gasteiger partial charge in [0.2, 0.25) is 0 Å². The number of rotatable bonds is 5.